The first-order chi connectivity index (χ1) is 27.1. The molecule has 2 aliphatic rings. The van der Waals surface area contributed by atoms with E-state index in [1.807, 2.05) is 0 Å². The lowest BCUT2D eigenvalue weighted by Crippen LogP contribution is -2.61. The molecule has 0 aromatic rings. The van der Waals surface area contributed by atoms with Crippen molar-refractivity contribution in [2.75, 3.05) is 33.0 Å². The van der Waals surface area contributed by atoms with Gasteiger partial charge in [-0.3, -0.25) is 4.79 Å². The van der Waals surface area contributed by atoms with Crippen LogP contribution in [0.5, 0.6) is 0 Å². The van der Waals surface area contributed by atoms with Gasteiger partial charge in [-0.05, 0) is 44.9 Å². The molecule has 14 heteroatoms. The Morgan fingerprint density at radius 3 is 1.82 bits per heavy atom. The van der Waals surface area contributed by atoms with E-state index < -0.39 is 86.7 Å². The van der Waals surface area contributed by atoms with Crippen molar-refractivity contribution in [3.05, 3.63) is 36.5 Å². The first kappa shape index (κ1) is 50.4. The fourth-order valence-electron chi connectivity index (χ4n) is 6.41. The fourth-order valence-corrected chi connectivity index (χ4v) is 6.41. The molecule has 7 N–H and O–H groups in total. The van der Waals surface area contributed by atoms with E-state index in [0.717, 1.165) is 83.5 Å². The number of hydrogen-bond donors (Lipinski definition) is 7. The molecular formula is C42H74O14. The molecule has 2 aliphatic heterocycles. The van der Waals surface area contributed by atoms with Gasteiger partial charge in [0, 0.05) is 13.0 Å². The van der Waals surface area contributed by atoms with Crippen LogP contribution in [0.3, 0.4) is 0 Å². The van der Waals surface area contributed by atoms with Gasteiger partial charge in [-0.2, -0.15) is 0 Å². The predicted octanol–water partition coefficient (Wildman–Crippen LogP) is 3.90. The van der Waals surface area contributed by atoms with Crippen LogP contribution in [0.2, 0.25) is 0 Å². The molecule has 2 fully saturated rings. The molecule has 11 atom stereocenters. The summed E-state index contributed by atoms with van der Waals surface area (Å²) in [5, 5.41) is 71.6. The summed E-state index contributed by atoms with van der Waals surface area (Å²) in [4.78, 5) is 12.8. The highest BCUT2D eigenvalue weighted by atomic mass is 16.7. The lowest BCUT2D eigenvalue weighted by molar-refractivity contribution is -0.332. The number of esters is 1. The van der Waals surface area contributed by atoms with E-state index in [1.54, 1.807) is 0 Å². The quantitative estimate of drug-likeness (QED) is 0.0301. The highest BCUT2D eigenvalue weighted by Crippen LogP contribution is 2.26. The molecule has 326 valence electrons. The predicted molar refractivity (Wildman–Crippen MR) is 210 cm³/mol. The van der Waals surface area contributed by atoms with Gasteiger partial charge in [0.1, 0.15) is 54.9 Å². The number of allylic oxidation sites excluding steroid dienone is 6. The van der Waals surface area contributed by atoms with E-state index in [1.165, 1.54) is 12.8 Å². The zero-order valence-corrected chi connectivity index (χ0v) is 33.9. The van der Waals surface area contributed by atoms with Gasteiger partial charge in [0.15, 0.2) is 12.6 Å². The highest BCUT2D eigenvalue weighted by molar-refractivity contribution is 5.69. The summed E-state index contributed by atoms with van der Waals surface area (Å²) in [6.07, 6.45) is 14.0. The lowest BCUT2D eigenvalue weighted by atomic mass is 9.98. The molecule has 0 bridgehead atoms. The van der Waals surface area contributed by atoms with Crippen molar-refractivity contribution in [1.82, 2.24) is 0 Å². The van der Waals surface area contributed by atoms with Crippen LogP contribution in [0.1, 0.15) is 123 Å². The van der Waals surface area contributed by atoms with Gasteiger partial charge in [0.05, 0.1) is 26.4 Å². The van der Waals surface area contributed by atoms with Crippen molar-refractivity contribution in [2.45, 2.75) is 191 Å². The molecule has 11 unspecified atom stereocenters. The summed E-state index contributed by atoms with van der Waals surface area (Å²) in [5.74, 6) is -0.393. The average molecular weight is 803 g/mol. The van der Waals surface area contributed by atoms with Crippen molar-refractivity contribution < 1.29 is 69.0 Å². The van der Waals surface area contributed by atoms with Gasteiger partial charge >= 0.3 is 5.97 Å². The topological polar surface area (TPSA) is 214 Å². The summed E-state index contributed by atoms with van der Waals surface area (Å²) in [7, 11) is 0. The summed E-state index contributed by atoms with van der Waals surface area (Å²) >= 11 is 0. The monoisotopic (exact) mass is 803 g/mol. The molecule has 56 heavy (non-hydrogen) atoms. The second-order valence-electron chi connectivity index (χ2n) is 14.8. The Hall–Kier alpha value is -1.79. The number of carbonyl (C=O) groups excluding carboxylic acids is 1. The summed E-state index contributed by atoms with van der Waals surface area (Å²) < 4.78 is 33.9. The molecule has 2 rings (SSSR count). The van der Waals surface area contributed by atoms with E-state index >= 15 is 0 Å². The third-order valence-electron chi connectivity index (χ3n) is 9.91. The summed E-state index contributed by atoms with van der Waals surface area (Å²) in [5.41, 5.74) is 0. The fraction of sp³-hybridized carbons (Fsp3) is 0.833. The Bertz CT molecular complexity index is 1070. The van der Waals surface area contributed by atoms with E-state index in [-0.39, 0.29) is 19.6 Å². The zero-order chi connectivity index (χ0) is 41.0. The first-order valence-corrected chi connectivity index (χ1v) is 21.1. The lowest BCUT2D eigenvalue weighted by Gasteiger charge is -2.42. The molecule has 0 aromatic carbocycles. The molecule has 0 aromatic heterocycles. The summed E-state index contributed by atoms with van der Waals surface area (Å²) in [6, 6.07) is 0. The van der Waals surface area contributed by atoms with Gasteiger partial charge in [-0.15, -0.1) is 0 Å². The van der Waals surface area contributed by atoms with Crippen LogP contribution in [-0.2, 0) is 33.2 Å². The normalized spacial score (nSPS) is 29.2. The Kier molecular flexibility index (Phi) is 28.0. The molecular weight excluding hydrogens is 728 g/mol. The molecule has 0 radical (unpaired) electrons. The standard InChI is InChI=1S/C42H74O14/c1-3-5-7-9-11-12-13-14-15-16-17-18-19-20-22-24-26-51-28-31(54-34(44)25-23-21-10-8-6-4-2)29-52-41-40(50)38(48)36(46)33(56-41)30-53-42-39(49)37(47)35(45)32(27-43)55-42/h5,7,11-12,14-15,31-33,35-43,45-50H,3-4,6,8-10,13,16-30H2,1-2H3/b7-5-,12-11-,15-14-. The molecule has 0 spiro atoms. The van der Waals surface area contributed by atoms with Gasteiger partial charge in [-0.1, -0.05) is 108 Å². The maximum atomic E-state index is 12.8. The third-order valence-corrected chi connectivity index (χ3v) is 9.91. The minimum Gasteiger partial charge on any atom is -0.457 e. The number of carbonyl (C=O) groups is 1. The number of aliphatic hydroxyl groups is 7. The molecule has 2 heterocycles. The van der Waals surface area contributed by atoms with Gasteiger partial charge in [0.2, 0.25) is 0 Å². The summed E-state index contributed by atoms with van der Waals surface area (Å²) in [6.45, 7) is 3.44. The molecule has 14 nitrogen and oxygen atoms in total. The van der Waals surface area contributed by atoms with Crippen LogP contribution in [0, 0.1) is 0 Å². The van der Waals surface area contributed by atoms with Crippen molar-refractivity contribution in [3.63, 3.8) is 0 Å². The van der Waals surface area contributed by atoms with Crippen LogP contribution in [0.25, 0.3) is 0 Å². The van der Waals surface area contributed by atoms with Gasteiger partial charge in [-0.25, -0.2) is 0 Å². The second-order valence-corrected chi connectivity index (χ2v) is 14.8. The van der Waals surface area contributed by atoms with Crippen LogP contribution in [0.4, 0.5) is 0 Å². The third kappa shape index (κ3) is 20.3. The zero-order valence-electron chi connectivity index (χ0n) is 33.9. The number of hydrogen-bond acceptors (Lipinski definition) is 14. The Morgan fingerprint density at radius 1 is 0.607 bits per heavy atom. The number of rotatable bonds is 31. The molecule has 2 saturated heterocycles. The molecule has 0 aliphatic carbocycles. The first-order valence-electron chi connectivity index (χ1n) is 21.1. The van der Waals surface area contributed by atoms with E-state index in [0.29, 0.717) is 13.0 Å². The number of aliphatic hydroxyl groups excluding tert-OH is 7. The van der Waals surface area contributed by atoms with Crippen LogP contribution in [-0.4, -0.2) is 142 Å². The second kappa shape index (κ2) is 31.2. The molecule has 0 saturated carbocycles. The van der Waals surface area contributed by atoms with E-state index in [2.05, 4.69) is 50.3 Å². The number of ether oxygens (including phenoxy) is 6. The van der Waals surface area contributed by atoms with Crippen molar-refractivity contribution in [1.29, 1.82) is 0 Å². The van der Waals surface area contributed by atoms with Crippen LogP contribution >= 0.6 is 0 Å². The van der Waals surface area contributed by atoms with Crippen LogP contribution < -0.4 is 0 Å². The smallest absolute Gasteiger partial charge is 0.306 e. The Labute approximate surface area is 334 Å². The maximum Gasteiger partial charge on any atom is 0.306 e. The maximum absolute atomic E-state index is 12.8. The minimum atomic E-state index is -1.70. The Balaban J connectivity index is 1.79. The minimum absolute atomic E-state index is 0.0524. The van der Waals surface area contributed by atoms with E-state index in [4.69, 9.17) is 28.4 Å². The van der Waals surface area contributed by atoms with Crippen molar-refractivity contribution in [3.8, 4) is 0 Å². The van der Waals surface area contributed by atoms with Gasteiger partial charge < -0.3 is 64.2 Å². The molecule has 0 amide bonds. The van der Waals surface area contributed by atoms with E-state index in [9.17, 15) is 40.5 Å². The van der Waals surface area contributed by atoms with Crippen molar-refractivity contribution in [2.24, 2.45) is 0 Å². The largest absolute Gasteiger partial charge is 0.457 e. The Morgan fingerprint density at radius 2 is 1.16 bits per heavy atom. The SMILES string of the molecule is CC/C=C\C/C=C\C/C=C\CCCCCCCCOCC(COC1OC(COC2OC(CO)C(O)C(O)C2O)C(O)C(O)C1O)OC(=O)CCCCCCCC. The number of unbranched alkanes of at least 4 members (excludes halogenated alkanes) is 11. The average Bonchev–Trinajstić information content (AvgIpc) is 3.19. The van der Waals surface area contributed by atoms with Crippen molar-refractivity contribution >= 4 is 5.97 Å². The van der Waals surface area contributed by atoms with Crippen LogP contribution in [0.15, 0.2) is 36.5 Å². The van der Waals surface area contributed by atoms with Gasteiger partial charge in [0.25, 0.3) is 0 Å². The highest BCUT2D eigenvalue weighted by Gasteiger charge is 2.47.